The van der Waals surface area contributed by atoms with Crippen molar-refractivity contribution in [3.05, 3.63) is 65.0 Å². The van der Waals surface area contributed by atoms with Crippen LogP contribution in [-0.4, -0.2) is 0 Å². The highest BCUT2D eigenvalue weighted by Crippen LogP contribution is 2.28. The molecule has 17 heavy (non-hydrogen) atoms. The standard InChI is InChI=1S/C15H14N2/c1-11-9-14(16-3)10-12(2)15(11)17-13-7-5-4-6-8-13/h4-10,17H,1-2H3. The summed E-state index contributed by atoms with van der Waals surface area (Å²) in [6.07, 6.45) is 0. The van der Waals surface area contributed by atoms with Crippen molar-refractivity contribution in [2.45, 2.75) is 13.8 Å². The van der Waals surface area contributed by atoms with Gasteiger partial charge >= 0.3 is 0 Å². The molecule has 0 amide bonds. The quantitative estimate of drug-likeness (QED) is 0.734. The topological polar surface area (TPSA) is 16.4 Å². The molecule has 0 aliphatic carbocycles. The summed E-state index contributed by atoms with van der Waals surface area (Å²) in [5, 5.41) is 3.39. The molecule has 0 radical (unpaired) electrons. The molecule has 0 saturated heterocycles. The Hall–Kier alpha value is -2.27. The zero-order valence-corrected chi connectivity index (χ0v) is 9.99. The maximum atomic E-state index is 7.03. The van der Waals surface area contributed by atoms with Crippen molar-refractivity contribution in [1.82, 2.24) is 0 Å². The maximum absolute atomic E-state index is 7.03. The van der Waals surface area contributed by atoms with Gasteiger partial charge in [-0.15, -0.1) is 0 Å². The second-order valence-corrected chi connectivity index (χ2v) is 4.06. The van der Waals surface area contributed by atoms with Crippen LogP contribution in [0.3, 0.4) is 0 Å². The summed E-state index contributed by atoms with van der Waals surface area (Å²) >= 11 is 0. The number of rotatable bonds is 2. The lowest BCUT2D eigenvalue weighted by atomic mass is 10.1. The fourth-order valence-corrected chi connectivity index (χ4v) is 1.87. The summed E-state index contributed by atoms with van der Waals surface area (Å²) in [5.41, 5.74) is 5.04. The van der Waals surface area contributed by atoms with E-state index in [0.29, 0.717) is 5.69 Å². The predicted octanol–water partition coefficient (Wildman–Crippen LogP) is 4.60. The highest BCUT2D eigenvalue weighted by atomic mass is 14.9. The Balaban J connectivity index is 2.38. The number of anilines is 2. The van der Waals surface area contributed by atoms with Gasteiger partial charge in [0.05, 0.1) is 6.57 Å². The van der Waals surface area contributed by atoms with Gasteiger partial charge in [0.25, 0.3) is 0 Å². The molecule has 2 aromatic carbocycles. The highest BCUT2D eigenvalue weighted by molar-refractivity contribution is 5.70. The lowest BCUT2D eigenvalue weighted by Crippen LogP contribution is -1.95. The van der Waals surface area contributed by atoms with E-state index in [1.54, 1.807) is 0 Å². The largest absolute Gasteiger partial charge is 0.355 e. The third kappa shape index (κ3) is 2.46. The molecule has 0 heterocycles. The van der Waals surface area contributed by atoms with Crippen LogP contribution >= 0.6 is 0 Å². The summed E-state index contributed by atoms with van der Waals surface area (Å²) in [6.45, 7) is 11.1. The molecule has 0 saturated carbocycles. The zero-order chi connectivity index (χ0) is 12.3. The van der Waals surface area contributed by atoms with Crippen molar-refractivity contribution in [3.63, 3.8) is 0 Å². The van der Waals surface area contributed by atoms with Crippen LogP contribution in [0.15, 0.2) is 42.5 Å². The predicted molar refractivity (Wildman–Crippen MR) is 71.9 cm³/mol. The van der Waals surface area contributed by atoms with Crippen molar-refractivity contribution in [2.75, 3.05) is 5.32 Å². The Bertz CT molecular complexity index is 542. The number of benzene rings is 2. The normalized spacial score (nSPS) is 9.71. The SMILES string of the molecule is [C-]#[N+]c1cc(C)c(Nc2ccccc2)c(C)c1. The number of hydrogen-bond acceptors (Lipinski definition) is 1. The smallest absolute Gasteiger partial charge is 0.187 e. The van der Waals surface area contributed by atoms with Gasteiger partial charge in [0.1, 0.15) is 0 Å². The van der Waals surface area contributed by atoms with Crippen LogP contribution in [0.25, 0.3) is 4.85 Å². The first kappa shape index (κ1) is 11.2. The molecule has 0 spiro atoms. The molecule has 0 aromatic heterocycles. The van der Waals surface area contributed by atoms with Gasteiger partial charge in [0.2, 0.25) is 0 Å². The van der Waals surface area contributed by atoms with Gasteiger partial charge < -0.3 is 5.32 Å². The Labute approximate surface area is 102 Å². The first-order chi connectivity index (χ1) is 8.20. The molecular formula is C15H14N2. The van der Waals surface area contributed by atoms with Crippen molar-refractivity contribution < 1.29 is 0 Å². The van der Waals surface area contributed by atoms with E-state index in [1.807, 2.05) is 56.3 Å². The third-order valence-electron chi connectivity index (χ3n) is 2.69. The second-order valence-electron chi connectivity index (χ2n) is 4.06. The van der Waals surface area contributed by atoms with Crippen LogP contribution in [0.1, 0.15) is 11.1 Å². The molecule has 0 atom stereocenters. The summed E-state index contributed by atoms with van der Waals surface area (Å²) in [7, 11) is 0. The van der Waals surface area contributed by atoms with E-state index in [9.17, 15) is 0 Å². The Kier molecular flexibility index (Phi) is 3.11. The minimum absolute atomic E-state index is 0.693. The Morgan fingerprint density at radius 1 is 1.00 bits per heavy atom. The van der Waals surface area contributed by atoms with E-state index in [4.69, 9.17) is 6.57 Å². The summed E-state index contributed by atoms with van der Waals surface area (Å²) in [5.74, 6) is 0. The van der Waals surface area contributed by atoms with E-state index in [2.05, 4.69) is 10.2 Å². The number of para-hydroxylation sites is 1. The van der Waals surface area contributed by atoms with E-state index in [-0.39, 0.29) is 0 Å². The Morgan fingerprint density at radius 3 is 2.12 bits per heavy atom. The minimum Gasteiger partial charge on any atom is -0.355 e. The van der Waals surface area contributed by atoms with Crippen LogP contribution < -0.4 is 5.32 Å². The Morgan fingerprint density at radius 2 is 1.59 bits per heavy atom. The first-order valence-corrected chi connectivity index (χ1v) is 5.51. The van der Waals surface area contributed by atoms with E-state index in [1.165, 1.54) is 0 Å². The van der Waals surface area contributed by atoms with E-state index in [0.717, 1.165) is 22.5 Å². The van der Waals surface area contributed by atoms with Crippen LogP contribution in [0.2, 0.25) is 0 Å². The van der Waals surface area contributed by atoms with Gasteiger partial charge in [-0.25, -0.2) is 4.85 Å². The van der Waals surface area contributed by atoms with Crippen molar-refractivity contribution >= 4 is 17.1 Å². The molecule has 0 fully saturated rings. The second kappa shape index (κ2) is 4.71. The van der Waals surface area contributed by atoms with Gasteiger partial charge in [0, 0.05) is 11.4 Å². The molecule has 0 aliphatic rings. The molecule has 2 aromatic rings. The maximum Gasteiger partial charge on any atom is 0.187 e. The summed E-state index contributed by atoms with van der Waals surface area (Å²) in [6, 6.07) is 13.9. The van der Waals surface area contributed by atoms with Crippen molar-refractivity contribution in [1.29, 1.82) is 0 Å². The third-order valence-corrected chi connectivity index (χ3v) is 2.69. The van der Waals surface area contributed by atoms with Gasteiger partial charge in [-0.2, -0.15) is 0 Å². The molecule has 2 heteroatoms. The summed E-state index contributed by atoms with van der Waals surface area (Å²) < 4.78 is 0. The molecule has 0 unspecified atom stereocenters. The molecule has 2 rings (SSSR count). The van der Waals surface area contributed by atoms with Gasteiger partial charge in [0.15, 0.2) is 5.69 Å². The van der Waals surface area contributed by atoms with Gasteiger partial charge in [-0.3, -0.25) is 0 Å². The zero-order valence-electron chi connectivity index (χ0n) is 9.99. The fourth-order valence-electron chi connectivity index (χ4n) is 1.87. The molecule has 0 bridgehead atoms. The average molecular weight is 222 g/mol. The molecule has 1 N–H and O–H groups in total. The first-order valence-electron chi connectivity index (χ1n) is 5.51. The van der Waals surface area contributed by atoms with Crippen molar-refractivity contribution in [3.8, 4) is 0 Å². The lowest BCUT2D eigenvalue weighted by molar-refractivity contribution is 1.36. The van der Waals surface area contributed by atoms with E-state index >= 15 is 0 Å². The molecule has 0 aliphatic heterocycles. The van der Waals surface area contributed by atoms with Crippen LogP contribution in [0, 0.1) is 20.4 Å². The van der Waals surface area contributed by atoms with Gasteiger partial charge in [-0.05, 0) is 37.1 Å². The molecular weight excluding hydrogens is 208 g/mol. The number of hydrogen-bond donors (Lipinski definition) is 1. The number of aryl methyl sites for hydroxylation is 2. The van der Waals surface area contributed by atoms with Crippen LogP contribution in [-0.2, 0) is 0 Å². The highest BCUT2D eigenvalue weighted by Gasteiger charge is 2.04. The van der Waals surface area contributed by atoms with E-state index < -0.39 is 0 Å². The fraction of sp³-hybridized carbons (Fsp3) is 0.133. The summed E-state index contributed by atoms with van der Waals surface area (Å²) in [4.78, 5) is 3.46. The van der Waals surface area contributed by atoms with Crippen LogP contribution in [0.4, 0.5) is 17.1 Å². The molecule has 2 nitrogen and oxygen atoms in total. The molecule has 84 valence electrons. The van der Waals surface area contributed by atoms with Crippen molar-refractivity contribution in [2.24, 2.45) is 0 Å². The number of nitrogens with one attached hydrogen (secondary N) is 1. The number of nitrogens with zero attached hydrogens (tertiary/aromatic N) is 1. The van der Waals surface area contributed by atoms with Crippen LogP contribution in [0.5, 0.6) is 0 Å². The minimum atomic E-state index is 0.693. The lowest BCUT2D eigenvalue weighted by Gasteiger charge is -2.13. The van der Waals surface area contributed by atoms with Gasteiger partial charge in [-0.1, -0.05) is 30.3 Å². The average Bonchev–Trinajstić information content (AvgIpc) is 2.35. The monoisotopic (exact) mass is 222 g/mol.